The van der Waals surface area contributed by atoms with E-state index in [9.17, 15) is 0 Å². The quantitative estimate of drug-likeness (QED) is 0.801. The number of hydrogen-bond donors (Lipinski definition) is 1. The van der Waals surface area contributed by atoms with Crippen molar-refractivity contribution in [3.63, 3.8) is 0 Å². The summed E-state index contributed by atoms with van der Waals surface area (Å²) in [4.78, 5) is 4.57. The largest absolute Gasteiger partial charge is 0.497 e. The van der Waals surface area contributed by atoms with Gasteiger partial charge in [-0.05, 0) is 37.0 Å². The third-order valence-corrected chi connectivity index (χ3v) is 4.33. The third kappa shape index (κ3) is 2.75. The molecule has 0 bridgehead atoms. The van der Waals surface area contributed by atoms with Gasteiger partial charge in [0.1, 0.15) is 5.75 Å². The number of rotatable bonds is 6. The van der Waals surface area contributed by atoms with Gasteiger partial charge < -0.3 is 10.1 Å². The zero-order valence-corrected chi connectivity index (χ0v) is 11.4. The standard InChI is InChI=1S/C14H18N2OS/c1-17-11-6-7-12-13(9-11)18-14(16-12)15-8-2-3-10-4-5-10/h6-7,9-10H,2-5,8H2,1H3,(H,15,16). The predicted octanol–water partition coefficient (Wildman–Crippen LogP) is 3.91. The molecular weight excluding hydrogens is 244 g/mol. The smallest absolute Gasteiger partial charge is 0.183 e. The molecule has 3 rings (SSSR count). The van der Waals surface area contributed by atoms with E-state index in [2.05, 4.69) is 10.3 Å². The summed E-state index contributed by atoms with van der Waals surface area (Å²) in [7, 11) is 1.69. The van der Waals surface area contributed by atoms with Crippen molar-refractivity contribution in [2.24, 2.45) is 5.92 Å². The van der Waals surface area contributed by atoms with Crippen LogP contribution in [0.5, 0.6) is 5.75 Å². The Morgan fingerprint density at radius 1 is 1.44 bits per heavy atom. The van der Waals surface area contributed by atoms with Gasteiger partial charge in [-0.3, -0.25) is 0 Å². The van der Waals surface area contributed by atoms with Crippen LogP contribution in [-0.2, 0) is 0 Å². The highest BCUT2D eigenvalue weighted by molar-refractivity contribution is 7.22. The minimum Gasteiger partial charge on any atom is -0.497 e. The second-order valence-corrected chi connectivity index (χ2v) is 5.90. The summed E-state index contributed by atoms with van der Waals surface area (Å²) in [6.45, 7) is 1.04. The summed E-state index contributed by atoms with van der Waals surface area (Å²) < 4.78 is 6.40. The van der Waals surface area contributed by atoms with Gasteiger partial charge in [0, 0.05) is 6.54 Å². The van der Waals surface area contributed by atoms with Crippen molar-refractivity contribution < 1.29 is 4.74 Å². The molecule has 1 fully saturated rings. The highest BCUT2D eigenvalue weighted by atomic mass is 32.1. The molecule has 4 heteroatoms. The topological polar surface area (TPSA) is 34.1 Å². The Balaban J connectivity index is 1.60. The fraction of sp³-hybridized carbons (Fsp3) is 0.500. The van der Waals surface area contributed by atoms with Gasteiger partial charge in [0.25, 0.3) is 0 Å². The fourth-order valence-corrected chi connectivity index (χ4v) is 3.02. The Kier molecular flexibility index (Phi) is 3.37. The SMILES string of the molecule is COc1ccc2nc(NCCCC3CC3)sc2c1. The average Bonchev–Trinajstić information content (AvgIpc) is 3.12. The van der Waals surface area contributed by atoms with Crippen molar-refractivity contribution in [1.29, 1.82) is 0 Å². The Morgan fingerprint density at radius 3 is 3.11 bits per heavy atom. The second-order valence-electron chi connectivity index (χ2n) is 4.87. The van der Waals surface area contributed by atoms with Crippen LogP contribution in [0.25, 0.3) is 10.2 Å². The van der Waals surface area contributed by atoms with Gasteiger partial charge in [0.15, 0.2) is 5.13 Å². The number of fused-ring (bicyclic) bond motifs is 1. The minimum absolute atomic E-state index is 0.895. The van der Waals surface area contributed by atoms with Crippen LogP contribution in [0.3, 0.4) is 0 Å². The molecular formula is C14H18N2OS. The van der Waals surface area contributed by atoms with Crippen molar-refractivity contribution in [3.05, 3.63) is 18.2 Å². The van der Waals surface area contributed by atoms with Crippen LogP contribution >= 0.6 is 11.3 Å². The van der Waals surface area contributed by atoms with E-state index in [1.165, 1.54) is 30.4 Å². The van der Waals surface area contributed by atoms with Crippen LogP contribution in [0.4, 0.5) is 5.13 Å². The molecule has 0 amide bonds. The van der Waals surface area contributed by atoms with Crippen molar-refractivity contribution in [2.45, 2.75) is 25.7 Å². The van der Waals surface area contributed by atoms with E-state index in [0.29, 0.717) is 0 Å². The summed E-state index contributed by atoms with van der Waals surface area (Å²) in [6.07, 6.45) is 5.51. The number of benzene rings is 1. The maximum absolute atomic E-state index is 5.22. The van der Waals surface area contributed by atoms with Crippen LogP contribution in [-0.4, -0.2) is 18.6 Å². The van der Waals surface area contributed by atoms with Crippen LogP contribution in [0.1, 0.15) is 25.7 Å². The van der Waals surface area contributed by atoms with E-state index in [4.69, 9.17) is 4.74 Å². The molecule has 1 aliphatic rings. The first-order valence-electron chi connectivity index (χ1n) is 6.53. The Labute approximate surface area is 111 Å². The number of anilines is 1. The summed E-state index contributed by atoms with van der Waals surface area (Å²) in [5.74, 6) is 1.91. The minimum atomic E-state index is 0.895. The lowest BCUT2D eigenvalue weighted by Crippen LogP contribution is -2.00. The zero-order chi connectivity index (χ0) is 12.4. The molecule has 1 saturated carbocycles. The summed E-state index contributed by atoms with van der Waals surface area (Å²) >= 11 is 1.70. The molecule has 1 heterocycles. The summed E-state index contributed by atoms with van der Waals surface area (Å²) in [5.41, 5.74) is 1.05. The highest BCUT2D eigenvalue weighted by Gasteiger charge is 2.19. The molecule has 1 aliphatic carbocycles. The van der Waals surface area contributed by atoms with E-state index in [1.54, 1.807) is 18.4 Å². The second kappa shape index (κ2) is 5.14. The number of methoxy groups -OCH3 is 1. The van der Waals surface area contributed by atoms with Crippen molar-refractivity contribution in [3.8, 4) is 5.75 Å². The van der Waals surface area contributed by atoms with Gasteiger partial charge in [-0.2, -0.15) is 0 Å². The number of aromatic nitrogens is 1. The third-order valence-electron chi connectivity index (χ3n) is 3.36. The molecule has 0 atom stereocenters. The molecule has 18 heavy (non-hydrogen) atoms. The van der Waals surface area contributed by atoms with Gasteiger partial charge in [0.05, 0.1) is 17.3 Å². The van der Waals surface area contributed by atoms with Gasteiger partial charge in [-0.1, -0.05) is 24.2 Å². The predicted molar refractivity (Wildman–Crippen MR) is 76.6 cm³/mol. The molecule has 3 nitrogen and oxygen atoms in total. The Morgan fingerprint density at radius 2 is 2.33 bits per heavy atom. The summed E-state index contributed by atoms with van der Waals surface area (Å²) in [5, 5.41) is 4.44. The first-order chi connectivity index (χ1) is 8.85. The van der Waals surface area contributed by atoms with E-state index >= 15 is 0 Å². The molecule has 0 unspecified atom stereocenters. The van der Waals surface area contributed by atoms with Gasteiger partial charge in [-0.15, -0.1) is 0 Å². The Bertz CT molecular complexity index is 534. The van der Waals surface area contributed by atoms with Crippen LogP contribution in [0.15, 0.2) is 18.2 Å². The molecule has 0 aliphatic heterocycles. The normalized spacial score (nSPS) is 14.9. The van der Waals surface area contributed by atoms with Gasteiger partial charge in [0.2, 0.25) is 0 Å². The van der Waals surface area contributed by atoms with E-state index in [-0.39, 0.29) is 0 Å². The average molecular weight is 262 g/mol. The van der Waals surface area contributed by atoms with Crippen molar-refractivity contribution in [2.75, 3.05) is 19.0 Å². The van der Waals surface area contributed by atoms with E-state index in [1.807, 2.05) is 18.2 Å². The monoisotopic (exact) mass is 262 g/mol. The van der Waals surface area contributed by atoms with E-state index < -0.39 is 0 Å². The number of ether oxygens (including phenoxy) is 1. The molecule has 0 saturated heterocycles. The number of hydrogen-bond acceptors (Lipinski definition) is 4. The number of nitrogens with one attached hydrogen (secondary N) is 1. The lowest BCUT2D eigenvalue weighted by molar-refractivity contribution is 0.415. The van der Waals surface area contributed by atoms with Gasteiger partial charge >= 0.3 is 0 Å². The summed E-state index contributed by atoms with van der Waals surface area (Å²) in [6, 6.07) is 6.02. The van der Waals surface area contributed by atoms with Crippen molar-refractivity contribution >= 4 is 26.7 Å². The fourth-order valence-electron chi connectivity index (χ4n) is 2.10. The first-order valence-corrected chi connectivity index (χ1v) is 7.35. The van der Waals surface area contributed by atoms with Crippen LogP contribution < -0.4 is 10.1 Å². The maximum atomic E-state index is 5.22. The highest BCUT2D eigenvalue weighted by Crippen LogP contribution is 2.33. The molecule has 0 spiro atoms. The van der Waals surface area contributed by atoms with E-state index in [0.717, 1.165) is 28.9 Å². The van der Waals surface area contributed by atoms with Crippen LogP contribution in [0, 0.1) is 5.92 Å². The lowest BCUT2D eigenvalue weighted by Gasteiger charge is -2.00. The molecule has 1 N–H and O–H groups in total. The maximum Gasteiger partial charge on any atom is 0.183 e. The molecule has 0 radical (unpaired) electrons. The Hall–Kier alpha value is -1.29. The molecule has 96 valence electrons. The molecule has 1 aromatic carbocycles. The first kappa shape index (κ1) is 11.8. The zero-order valence-electron chi connectivity index (χ0n) is 10.6. The number of thiazole rings is 1. The lowest BCUT2D eigenvalue weighted by atomic mass is 10.2. The molecule has 2 aromatic rings. The molecule has 1 aromatic heterocycles. The number of nitrogens with zero attached hydrogens (tertiary/aromatic N) is 1. The van der Waals surface area contributed by atoms with Crippen molar-refractivity contribution in [1.82, 2.24) is 4.98 Å². The van der Waals surface area contributed by atoms with Gasteiger partial charge in [-0.25, -0.2) is 4.98 Å². The van der Waals surface area contributed by atoms with Crippen LogP contribution in [0.2, 0.25) is 0 Å².